The molecule has 0 aromatic heterocycles. The molecule has 1 unspecified atom stereocenters. The van der Waals surface area contributed by atoms with Gasteiger partial charge in [-0.2, -0.15) is 0 Å². The summed E-state index contributed by atoms with van der Waals surface area (Å²) in [6.45, 7) is 9.18. The highest BCUT2D eigenvalue weighted by atomic mass is 127. The van der Waals surface area contributed by atoms with Gasteiger partial charge in [-0.15, -0.1) is 24.0 Å². The van der Waals surface area contributed by atoms with Crippen molar-refractivity contribution in [1.29, 1.82) is 0 Å². The van der Waals surface area contributed by atoms with Crippen molar-refractivity contribution in [3.8, 4) is 5.75 Å². The molecule has 0 aliphatic carbocycles. The maximum Gasteiger partial charge on any atom is 0.193 e. The molecule has 0 saturated carbocycles. The number of ether oxygens (including phenoxy) is 1. The van der Waals surface area contributed by atoms with E-state index < -0.39 is 0 Å². The van der Waals surface area contributed by atoms with Gasteiger partial charge in [0.15, 0.2) is 5.96 Å². The van der Waals surface area contributed by atoms with Crippen LogP contribution < -0.4 is 10.1 Å². The Hall–Kier alpha value is -1.06. The van der Waals surface area contributed by atoms with E-state index in [1.807, 2.05) is 44.4 Å². The van der Waals surface area contributed by atoms with Gasteiger partial charge in [0.1, 0.15) is 12.4 Å². The number of nitrogens with one attached hydrogen (secondary N) is 1. The zero-order valence-corrected chi connectivity index (χ0v) is 18.8. The first-order valence-electron chi connectivity index (χ1n) is 9.12. The number of piperazine rings is 1. The Bertz CT molecular complexity index is 520. The van der Waals surface area contributed by atoms with E-state index in [4.69, 9.17) is 4.74 Å². The Balaban J connectivity index is 0.00000338. The zero-order chi connectivity index (χ0) is 18.1. The largest absolute Gasteiger partial charge is 0.492 e. The van der Waals surface area contributed by atoms with Crippen LogP contribution in [-0.2, 0) is 0 Å². The van der Waals surface area contributed by atoms with Crippen LogP contribution in [0, 0.1) is 0 Å². The van der Waals surface area contributed by atoms with Crippen LogP contribution in [-0.4, -0.2) is 93.7 Å². The van der Waals surface area contributed by atoms with E-state index in [1.165, 1.54) is 0 Å². The fourth-order valence-electron chi connectivity index (χ4n) is 2.94. The van der Waals surface area contributed by atoms with E-state index in [2.05, 4.69) is 39.0 Å². The Morgan fingerprint density at radius 1 is 1.23 bits per heavy atom. The molecule has 1 heterocycles. The molecular weight excluding hydrogens is 441 g/mol. The van der Waals surface area contributed by atoms with Crippen LogP contribution in [0.25, 0.3) is 0 Å². The summed E-state index contributed by atoms with van der Waals surface area (Å²) in [6.07, 6.45) is 0. The summed E-state index contributed by atoms with van der Waals surface area (Å²) in [4.78, 5) is 11.4. The van der Waals surface area contributed by atoms with E-state index in [0.29, 0.717) is 12.6 Å². The number of hydrogen-bond donors (Lipinski definition) is 1. The first kappa shape index (κ1) is 23.0. The second kappa shape index (κ2) is 12.3. The van der Waals surface area contributed by atoms with Gasteiger partial charge in [-0.25, -0.2) is 0 Å². The minimum Gasteiger partial charge on any atom is -0.492 e. The van der Waals surface area contributed by atoms with Crippen molar-refractivity contribution >= 4 is 29.9 Å². The van der Waals surface area contributed by atoms with Crippen LogP contribution in [0.1, 0.15) is 6.92 Å². The molecule has 1 N–H and O–H groups in total. The Kier molecular flexibility index (Phi) is 10.9. The second-order valence-corrected chi connectivity index (χ2v) is 6.70. The number of halogens is 1. The summed E-state index contributed by atoms with van der Waals surface area (Å²) in [5, 5.41) is 3.49. The van der Waals surface area contributed by atoms with E-state index in [1.54, 1.807) is 0 Å². The van der Waals surface area contributed by atoms with Crippen LogP contribution in [0.3, 0.4) is 0 Å². The third-order valence-electron chi connectivity index (χ3n) is 4.73. The highest BCUT2D eigenvalue weighted by Gasteiger charge is 2.19. The van der Waals surface area contributed by atoms with Gasteiger partial charge in [-0.3, -0.25) is 9.89 Å². The SMILES string of the molecule is CN=C(NCC(C)N1CCN(C)CC1)N(C)CCOc1ccccc1.I. The summed E-state index contributed by atoms with van der Waals surface area (Å²) in [5.41, 5.74) is 0. The van der Waals surface area contributed by atoms with Gasteiger partial charge in [0.25, 0.3) is 0 Å². The molecular formula is C19H34IN5O. The fourth-order valence-corrected chi connectivity index (χ4v) is 2.94. The van der Waals surface area contributed by atoms with E-state index in [0.717, 1.165) is 51.0 Å². The quantitative estimate of drug-likeness (QED) is 0.371. The molecule has 7 heteroatoms. The molecule has 0 radical (unpaired) electrons. The second-order valence-electron chi connectivity index (χ2n) is 6.70. The summed E-state index contributed by atoms with van der Waals surface area (Å²) < 4.78 is 5.76. The molecule has 1 saturated heterocycles. The molecule has 6 nitrogen and oxygen atoms in total. The molecule has 26 heavy (non-hydrogen) atoms. The summed E-state index contributed by atoms with van der Waals surface area (Å²) in [7, 11) is 6.07. The lowest BCUT2D eigenvalue weighted by atomic mass is 10.2. The minimum atomic E-state index is 0. The smallest absolute Gasteiger partial charge is 0.193 e. The number of nitrogens with zero attached hydrogens (tertiary/aromatic N) is 4. The van der Waals surface area contributed by atoms with Crippen LogP contribution in [0.2, 0.25) is 0 Å². The van der Waals surface area contributed by atoms with Gasteiger partial charge in [0.2, 0.25) is 0 Å². The van der Waals surface area contributed by atoms with Crippen molar-refractivity contribution in [3.05, 3.63) is 30.3 Å². The lowest BCUT2D eigenvalue weighted by Gasteiger charge is -2.37. The molecule has 0 bridgehead atoms. The van der Waals surface area contributed by atoms with Crippen molar-refractivity contribution in [3.63, 3.8) is 0 Å². The van der Waals surface area contributed by atoms with Gasteiger partial charge in [-0.1, -0.05) is 18.2 Å². The third kappa shape index (κ3) is 7.67. The highest BCUT2D eigenvalue weighted by molar-refractivity contribution is 14.0. The first-order valence-corrected chi connectivity index (χ1v) is 9.12. The Morgan fingerprint density at radius 3 is 2.50 bits per heavy atom. The van der Waals surface area contributed by atoms with E-state index in [9.17, 15) is 0 Å². The number of aliphatic imine (C=N–C) groups is 1. The monoisotopic (exact) mass is 475 g/mol. The van der Waals surface area contributed by atoms with Crippen LogP contribution in [0.4, 0.5) is 0 Å². The Labute approximate surface area is 175 Å². The van der Waals surface area contributed by atoms with Gasteiger partial charge in [-0.05, 0) is 26.1 Å². The molecule has 1 fully saturated rings. The third-order valence-corrected chi connectivity index (χ3v) is 4.73. The highest BCUT2D eigenvalue weighted by Crippen LogP contribution is 2.08. The predicted molar refractivity (Wildman–Crippen MR) is 120 cm³/mol. The van der Waals surface area contributed by atoms with Crippen LogP contribution >= 0.6 is 24.0 Å². The van der Waals surface area contributed by atoms with E-state index in [-0.39, 0.29) is 24.0 Å². The fraction of sp³-hybridized carbons (Fsp3) is 0.632. The number of likely N-dealkylation sites (N-methyl/N-ethyl adjacent to an activating group) is 2. The van der Waals surface area contributed by atoms with Crippen molar-refractivity contribution in [2.45, 2.75) is 13.0 Å². The van der Waals surface area contributed by atoms with Crippen LogP contribution in [0.5, 0.6) is 5.75 Å². The zero-order valence-electron chi connectivity index (χ0n) is 16.5. The number of para-hydroxylation sites is 1. The molecule has 2 rings (SSSR count). The minimum absolute atomic E-state index is 0. The summed E-state index contributed by atoms with van der Waals surface area (Å²) in [5.74, 6) is 1.82. The van der Waals surface area contributed by atoms with Crippen molar-refractivity contribution < 1.29 is 4.74 Å². The molecule has 148 valence electrons. The van der Waals surface area contributed by atoms with Gasteiger partial charge < -0.3 is 19.9 Å². The average molecular weight is 475 g/mol. The normalized spacial score (nSPS) is 17.3. The predicted octanol–water partition coefficient (Wildman–Crippen LogP) is 1.83. The number of hydrogen-bond acceptors (Lipinski definition) is 4. The van der Waals surface area contributed by atoms with Crippen LogP contribution in [0.15, 0.2) is 35.3 Å². The summed E-state index contributed by atoms with van der Waals surface area (Å²) >= 11 is 0. The standard InChI is InChI=1S/C19H33N5O.HI/c1-17(24-12-10-22(3)11-13-24)16-21-19(20-2)23(4)14-15-25-18-8-6-5-7-9-18;/h5-9,17H,10-16H2,1-4H3,(H,20,21);1H. The Morgan fingerprint density at radius 2 is 1.88 bits per heavy atom. The van der Waals surface area contributed by atoms with Crippen molar-refractivity contribution in [1.82, 2.24) is 20.0 Å². The molecule has 1 aromatic carbocycles. The molecule has 1 aliphatic rings. The van der Waals surface area contributed by atoms with E-state index >= 15 is 0 Å². The van der Waals surface area contributed by atoms with Crippen molar-refractivity contribution in [2.75, 3.05) is 67.0 Å². The maximum absolute atomic E-state index is 5.76. The number of guanidine groups is 1. The number of rotatable bonds is 7. The lowest BCUT2D eigenvalue weighted by Crippen LogP contribution is -2.52. The maximum atomic E-state index is 5.76. The van der Waals surface area contributed by atoms with Gasteiger partial charge in [0.05, 0.1) is 6.54 Å². The average Bonchev–Trinajstić information content (AvgIpc) is 2.63. The molecule has 0 amide bonds. The summed E-state index contributed by atoms with van der Waals surface area (Å²) in [6, 6.07) is 10.4. The lowest BCUT2D eigenvalue weighted by molar-refractivity contribution is 0.119. The number of benzene rings is 1. The van der Waals surface area contributed by atoms with Gasteiger partial charge in [0, 0.05) is 52.9 Å². The topological polar surface area (TPSA) is 43.3 Å². The molecule has 1 aromatic rings. The first-order chi connectivity index (χ1) is 12.1. The van der Waals surface area contributed by atoms with Gasteiger partial charge >= 0.3 is 0 Å². The molecule has 1 aliphatic heterocycles. The van der Waals surface area contributed by atoms with Crippen molar-refractivity contribution in [2.24, 2.45) is 4.99 Å². The molecule has 1 atom stereocenters. The molecule has 0 spiro atoms.